The summed E-state index contributed by atoms with van der Waals surface area (Å²) in [4.78, 5) is 0. The van der Waals surface area contributed by atoms with E-state index in [1.807, 2.05) is 31.2 Å². The van der Waals surface area contributed by atoms with Crippen molar-refractivity contribution in [2.45, 2.75) is 26.4 Å². The lowest BCUT2D eigenvalue weighted by Crippen LogP contribution is -2.26. The van der Waals surface area contributed by atoms with Crippen molar-refractivity contribution in [3.63, 3.8) is 0 Å². The maximum absolute atomic E-state index is 9.03. The lowest BCUT2D eigenvalue weighted by Gasteiger charge is -2.09. The zero-order valence-corrected chi connectivity index (χ0v) is 10.1. The highest BCUT2D eigenvalue weighted by Gasteiger charge is 1.97. The second kappa shape index (κ2) is 7.25. The van der Waals surface area contributed by atoms with Gasteiger partial charge in [-0.05, 0) is 38.4 Å². The van der Waals surface area contributed by atoms with E-state index in [0.29, 0.717) is 13.2 Å². The summed E-state index contributed by atoms with van der Waals surface area (Å²) in [5.74, 6) is 0.957. The second-order valence-corrected chi connectivity index (χ2v) is 4.02. The van der Waals surface area contributed by atoms with Gasteiger partial charge in [0.25, 0.3) is 0 Å². The molecule has 0 aliphatic carbocycles. The molecular formula is C13H21NO2. The minimum atomic E-state index is -0.280. The Morgan fingerprint density at radius 2 is 2.12 bits per heavy atom. The fourth-order valence-electron chi connectivity index (χ4n) is 1.41. The number of rotatable bonds is 7. The van der Waals surface area contributed by atoms with Crippen LogP contribution < -0.4 is 10.1 Å². The van der Waals surface area contributed by atoms with Gasteiger partial charge < -0.3 is 15.2 Å². The fourth-order valence-corrected chi connectivity index (χ4v) is 1.41. The lowest BCUT2D eigenvalue weighted by atomic mass is 10.2. The molecule has 0 bridgehead atoms. The summed E-state index contributed by atoms with van der Waals surface area (Å²) >= 11 is 0. The van der Waals surface area contributed by atoms with Gasteiger partial charge in [0, 0.05) is 6.54 Å². The van der Waals surface area contributed by atoms with E-state index in [0.717, 1.165) is 18.7 Å². The fraction of sp³-hybridized carbons (Fsp3) is 0.538. The number of ether oxygens (including phenoxy) is 1. The molecule has 1 rings (SSSR count). The quantitative estimate of drug-likeness (QED) is 0.692. The van der Waals surface area contributed by atoms with Gasteiger partial charge in [0.1, 0.15) is 5.75 Å². The first-order valence-electron chi connectivity index (χ1n) is 5.77. The van der Waals surface area contributed by atoms with Crippen LogP contribution >= 0.6 is 0 Å². The van der Waals surface area contributed by atoms with Gasteiger partial charge in [-0.25, -0.2) is 0 Å². The Balaban J connectivity index is 2.10. The number of hydrogen-bond acceptors (Lipinski definition) is 3. The summed E-state index contributed by atoms with van der Waals surface area (Å²) in [6.07, 6.45) is 0.665. The minimum Gasteiger partial charge on any atom is -0.493 e. The van der Waals surface area contributed by atoms with Crippen molar-refractivity contribution in [3.8, 4) is 5.75 Å². The summed E-state index contributed by atoms with van der Waals surface area (Å²) in [6.45, 7) is 6.04. The molecule has 0 aliphatic rings. The van der Waals surface area contributed by atoms with Crippen LogP contribution in [0.4, 0.5) is 0 Å². The molecule has 0 fully saturated rings. The average Bonchev–Trinajstić information content (AvgIpc) is 2.25. The van der Waals surface area contributed by atoms with E-state index in [4.69, 9.17) is 9.84 Å². The van der Waals surface area contributed by atoms with Crippen molar-refractivity contribution >= 4 is 0 Å². The molecule has 0 saturated carbocycles. The molecule has 0 aliphatic heterocycles. The maximum Gasteiger partial charge on any atom is 0.122 e. The molecule has 0 radical (unpaired) electrons. The number of aliphatic hydroxyl groups excluding tert-OH is 1. The molecule has 0 saturated heterocycles. The molecule has 1 atom stereocenters. The average molecular weight is 223 g/mol. The van der Waals surface area contributed by atoms with E-state index < -0.39 is 0 Å². The van der Waals surface area contributed by atoms with Crippen molar-refractivity contribution in [1.29, 1.82) is 0 Å². The van der Waals surface area contributed by atoms with E-state index in [-0.39, 0.29) is 6.10 Å². The first kappa shape index (κ1) is 13.0. The molecule has 0 heterocycles. The largest absolute Gasteiger partial charge is 0.493 e. The van der Waals surface area contributed by atoms with E-state index >= 15 is 0 Å². The summed E-state index contributed by atoms with van der Waals surface area (Å²) < 4.78 is 5.64. The summed E-state index contributed by atoms with van der Waals surface area (Å²) in [5, 5.41) is 12.2. The smallest absolute Gasteiger partial charge is 0.122 e. The van der Waals surface area contributed by atoms with Crippen molar-refractivity contribution < 1.29 is 9.84 Å². The third-order valence-electron chi connectivity index (χ3n) is 2.29. The number of aliphatic hydroxyl groups is 1. The van der Waals surface area contributed by atoms with Crippen molar-refractivity contribution in [2.24, 2.45) is 0 Å². The molecule has 1 aromatic rings. The third kappa shape index (κ3) is 5.14. The van der Waals surface area contributed by atoms with Crippen LogP contribution in [-0.4, -0.2) is 30.9 Å². The predicted molar refractivity (Wildman–Crippen MR) is 65.8 cm³/mol. The Labute approximate surface area is 97.4 Å². The molecular weight excluding hydrogens is 202 g/mol. The molecule has 0 aromatic heterocycles. The summed E-state index contributed by atoms with van der Waals surface area (Å²) in [5.41, 5.74) is 1.17. The third-order valence-corrected chi connectivity index (χ3v) is 2.29. The van der Waals surface area contributed by atoms with Gasteiger partial charge >= 0.3 is 0 Å². The van der Waals surface area contributed by atoms with E-state index in [1.54, 1.807) is 6.92 Å². The molecule has 3 nitrogen and oxygen atoms in total. The Kier molecular flexibility index (Phi) is 5.90. The van der Waals surface area contributed by atoms with E-state index in [2.05, 4.69) is 5.32 Å². The van der Waals surface area contributed by atoms with Crippen LogP contribution in [0.3, 0.4) is 0 Å². The standard InChI is InChI=1S/C13H21NO2/c1-11-6-3-4-7-13(11)16-9-5-8-14-10-12(2)15/h3-4,6-7,12,14-15H,5,8-10H2,1-2H3/t12-/m0/s1. The van der Waals surface area contributed by atoms with Crippen LogP contribution in [0, 0.1) is 6.92 Å². The summed E-state index contributed by atoms with van der Waals surface area (Å²) in [6, 6.07) is 8.01. The molecule has 3 heteroatoms. The highest BCUT2D eigenvalue weighted by Crippen LogP contribution is 2.15. The topological polar surface area (TPSA) is 41.5 Å². The van der Waals surface area contributed by atoms with Crippen LogP contribution in [0.2, 0.25) is 0 Å². The van der Waals surface area contributed by atoms with Gasteiger partial charge in [-0.1, -0.05) is 18.2 Å². The Morgan fingerprint density at radius 1 is 1.38 bits per heavy atom. The Hall–Kier alpha value is -1.06. The lowest BCUT2D eigenvalue weighted by molar-refractivity contribution is 0.190. The van der Waals surface area contributed by atoms with Crippen molar-refractivity contribution in [2.75, 3.05) is 19.7 Å². The number of nitrogens with one attached hydrogen (secondary N) is 1. The van der Waals surface area contributed by atoms with Gasteiger partial charge in [0.05, 0.1) is 12.7 Å². The first-order valence-corrected chi connectivity index (χ1v) is 5.77. The van der Waals surface area contributed by atoms with Crippen molar-refractivity contribution in [3.05, 3.63) is 29.8 Å². The van der Waals surface area contributed by atoms with Gasteiger partial charge in [0.15, 0.2) is 0 Å². The Morgan fingerprint density at radius 3 is 2.81 bits per heavy atom. The van der Waals surface area contributed by atoms with Crippen LogP contribution in [0.5, 0.6) is 5.75 Å². The SMILES string of the molecule is Cc1ccccc1OCCCNC[C@H](C)O. The minimum absolute atomic E-state index is 0.280. The molecule has 16 heavy (non-hydrogen) atoms. The highest BCUT2D eigenvalue weighted by atomic mass is 16.5. The monoisotopic (exact) mass is 223 g/mol. The van der Waals surface area contributed by atoms with Crippen LogP contribution in [0.1, 0.15) is 18.9 Å². The first-order chi connectivity index (χ1) is 7.70. The summed E-state index contributed by atoms with van der Waals surface area (Å²) in [7, 11) is 0. The number of hydrogen-bond donors (Lipinski definition) is 2. The van der Waals surface area contributed by atoms with Gasteiger partial charge in [-0.2, -0.15) is 0 Å². The van der Waals surface area contributed by atoms with Crippen LogP contribution in [0.15, 0.2) is 24.3 Å². The van der Waals surface area contributed by atoms with E-state index in [9.17, 15) is 0 Å². The number of aryl methyl sites for hydroxylation is 1. The van der Waals surface area contributed by atoms with Gasteiger partial charge in [0.2, 0.25) is 0 Å². The number of benzene rings is 1. The molecule has 2 N–H and O–H groups in total. The molecule has 1 aromatic carbocycles. The van der Waals surface area contributed by atoms with Crippen LogP contribution in [-0.2, 0) is 0 Å². The number of para-hydroxylation sites is 1. The molecule has 0 spiro atoms. The Bertz CT molecular complexity index is 300. The second-order valence-electron chi connectivity index (χ2n) is 4.02. The van der Waals surface area contributed by atoms with Gasteiger partial charge in [-0.3, -0.25) is 0 Å². The normalized spacial score (nSPS) is 12.4. The molecule has 90 valence electrons. The van der Waals surface area contributed by atoms with E-state index in [1.165, 1.54) is 5.56 Å². The van der Waals surface area contributed by atoms with Crippen LogP contribution in [0.25, 0.3) is 0 Å². The zero-order valence-electron chi connectivity index (χ0n) is 10.1. The molecule has 0 amide bonds. The molecule has 0 unspecified atom stereocenters. The highest BCUT2D eigenvalue weighted by molar-refractivity contribution is 5.31. The maximum atomic E-state index is 9.03. The van der Waals surface area contributed by atoms with Gasteiger partial charge in [-0.15, -0.1) is 0 Å². The van der Waals surface area contributed by atoms with Crippen molar-refractivity contribution in [1.82, 2.24) is 5.32 Å². The zero-order chi connectivity index (χ0) is 11.8. The predicted octanol–water partition coefficient (Wildman–Crippen LogP) is 1.73.